The molecular formula is C20H22BF3N2O3. The maximum absolute atomic E-state index is 12.9. The van der Waals surface area contributed by atoms with Crippen molar-refractivity contribution in [2.45, 2.75) is 52.0 Å². The molecule has 1 aliphatic heterocycles. The number of aromatic nitrogens is 1. The van der Waals surface area contributed by atoms with Gasteiger partial charge >= 0.3 is 13.3 Å². The third kappa shape index (κ3) is 4.30. The van der Waals surface area contributed by atoms with E-state index in [1.807, 2.05) is 34.6 Å². The lowest BCUT2D eigenvalue weighted by molar-refractivity contribution is -0.137. The summed E-state index contributed by atoms with van der Waals surface area (Å²) in [4.78, 5) is 16.0. The van der Waals surface area contributed by atoms with Gasteiger partial charge in [-0.3, -0.25) is 9.78 Å². The average molecular weight is 406 g/mol. The number of amides is 1. The Labute approximate surface area is 167 Å². The second-order valence-electron chi connectivity index (χ2n) is 8.07. The summed E-state index contributed by atoms with van der Waals surface area (Å²) in [5, 5.41) is 2.61. The number of aryl methyl sites for hydroxylation is 1. The number of benzene rings is 1. The van der Waals surface area contributed by atoms with Gasteiger partial charge < -0.3 is 14.6 Å². The van der Waals surface area contributed by atoms with Gasteiger partial charge in [-0.25, -0.2) is 0 Å². The van der Waals surface area contributed by atoms with E-state index in [0.717, 1.165) is 23.3 Å². The molecule has 0 saturated carbocycles. The Morgan fingerprint density at radius 2 is 1.69 bits per heavy atom. The van der Waals surface area contributed by atoms with Crippen molar-refractivity contribution >= 4 is 24.2 Å². The summed E-state index contributed by atoms with van der Waals surface area (Å²) in [6.45, 7) is 9.65. The van der Waals surface area contributed by atoms with Gasteiger partial charge in [0.15, 0.2) is 0 Å². The molecule has 1 fully saturated rings. The zero-order valence-electron chi connectivity index (χ0n) is 16.8. The fourth-order valence-corrected chi connectivity index (χ4v) is 2.86. The second-order valence-corrected chi connectivity index (χ2v) is 8.07. The van der Waals surface area contributed by atoms with E-state index >= 15 is 0 Å². The van der Waals surface area contributed by atoms with E-state index in [1.165, 1.54) is 0 Å². The molecule has 3 rings (SSSR count). The first-order valence-electron chi connectivity index (χ1n) is 9.10. The molecule has 2 aromatic rings. The summed E-state index contributed by atoms with van der Waals surface area (Å²) in [6.07, 6.45) is -2.80. The second kappa shape index (κ2) is 7.14. The molecular weight excluding hydrogens is 384 g/mol. The van der Waals surface area contributed by atoms with E-state index in [-0.39, 0.29) is 5.56 Å². The molecule has 0 atom stereocenters. The number of alkyl halides is 3. The lowest BCUT2D eigenvalue weighted by Crippen LogP contribution is -2.41. The van der Waals surface area contributed by atoms with Gasteiger partial charge in [0.1, 0.15) is 0 Å². The van der Waals surface area contributed by atoms with E-state index in [2.05, 4.69) is 10.3 Å². The van der Waals surface area contributed by atoms with Crippen LogP contribution in [0.15, 0.2) is 36.7 Å². The summed E-state index contributed by atoms with van der Waals surface area (Å²) in [5.74, 6) is -0.688. The van der Waals surface area contributed by atoms with Crippen LogP contribution in [0, 0.1) is 6.92 Å². The molecule has 29 heavy (non-hydrogen) atoms. The lowest BCUT2D eigenvalue weighted by atomic mass is 9.76. The van der Waals surface area contributed by atoms with Crippen LogP contribution in [0.3, 0.4) is 0 Å². The number of halogens is 3. The van der Waals surface area contributed by atoms with E-state index in [1.54, 1.807) is 18.2 Å². The van der Waals surface area contributed by atoms with Gasteiger partial charge in [-0.05, 0) is 58.3 Å². The molecule has 1 aromatic heterocycles. The number of hydrogen-bond acceptors (Lipinski definition) is 4. The monoisotopic (exact) mass is 406 g/mol. The fourth-order valence-electron chi connectivity index (χ4n) is 2.86. The van der Waals surface area contributed by atoms with Crippen LogP contribution in [-0.2, 0) is 15.5 Å². The third-order valence-corrected chi connectivity index (χ3v) is 5.37. The number of nitrogens with zero attached hydrogens (tertiary/aromatic N) is 1. The fraction of sp³-hybridized carbons (Fsp3) is 0.400. The van der Waals surface area contributed by atoms with Crippen LogP contribution in [0.1, 0.15) is 49.2 Å². The highest BCUT2D eigenvalue weighted by Gasteiger charge is 2.52. The zero-order valence-corrected chi connectivity index (χ0v) is 16.8. The van der Waals surface area contributed by atoms with Crippen molar-refractivity contribution < 1.29 is 27.3 Å². The van der Waals surface area contributed by atoms with E-state index in [9.17, 15) is 18.0 Å². The van der Waals surface area contributed by atoms with Gasteiger partial charge in [0, 0.05) is 18.1 Å². The molecule has 0 bridgehead atoms. The highest BCUT2D eigenvalue weighted by atomic mass is 19.4. The summed E-state index contributed by atoms with van der Waals surface area (Å²) in [6, 6.07) is 5.94. The number of hydrogen-bond donors (Lipinski definition) is 1. The molecule has 1 amide bonds. The Morgan fingerprint density at radius 3 is 2.28 bits per heavy atom. The van der Waals surface area contributed by atoms with E-state index in [4.69, 9.17) is 9.31 Å². The Bertz CT molecular complexity index is 929. The Balaban J connectivity index is 1.83. The molecule has 0 spiro atoms. The molecule has 9 heteroatoms. The standard InChI is InChI=1S/C20H22BF3N2O3/c1-12-6-7-15(9-16(12)21-28-18(2,3)19(4,5)29-21)26-17(27)13-8-14(11-25-10-13)20(22,23)24/h6-11H,1-5H3,(H,26,27). The molecule has 5 nitrogen and oxygen atoms in total. The predicted molar refractivity (Wildman–Crippen MR) is 104 cm³/mol. The number of nitrogens with one attached hydrogen (secondary N) is 1. The molecule has 154 valence electrons. The smallest absolute Gasteiger partial charge is 0.399 e. The number of rotatable bonds is 3. The van der Waals surface area contributed by atoms with Crippen molar-refractivity contribution in [2.75, 3.05) is 5.32 Å². The van der Waals surface area contributed by atoms with Gasteiger partial charge in [0.25, 0.3) is 5.91 Å². The molecule has 0 unspecified atom stereocenters. The maximum atomic E-state index is 12.9. The minimum Gasteiger partial charge on any atom is -0.399 e. The van der Waals surface area contributed by atoms with E-state index in [0.29, 0.717) is 11.9 Å². The first kappa shape index (κ1) is 21.3. The van der Waals surface area contributed by atoms with Crippen LogP contribution in [-0.4, -0.2) is 29.2 Å². The van der Waals surface area contributed by atoms with Crippen molar-refractivity contribution in [1.29, 1.82) is 0 Å². The molecule has 2 heterocycles. The highest BCUT2D eigenvalue weighted by molar-refractivity contribution is 6.62. The molecule has 1 N–H and O–H groups in total. The average Bonchev–Trinajstić information content (AvgIpc) is 2.83. The predicted octanol–water partition coefficient (Wildman–Crippen LogP) is 3.96. The van der Waals surface area contributed by atoms with Crippen LogP contribution in [0.25, 0.3) is 0 Å². The molecule has 1 aliphatic rings. The highest BCUT2D eigenvalue weighted by Crippen LogP contribution is 2.37. The number of carbonyl (C=O) groups is 1. The number of anilines is 1. The number of pyridine rings is 1. The minimum atomic E-state index is -4.57. The molecule has 0 radical (unpaired) electrons. The SMILES string of the molecule is Cc1ccc(NC(=O)c2cncc(C(F)(F)F)c2)cc1B1OC(C)(C)C(C)(C)O1. The first-order valence-corrected chi connectivity index (χ1v) is 9.10. The maximum Gasteiger partial charge on any atom is 0.495 e. The van der Waals surface area contributed by atoms with Gasteiger partial charge in [0.05, 0.1) is 22.3 Å². The largest absolute Gasteiger partial charge is 0.495 e. The molecule has 0 aliphatic carbocycles. The topological polar surface area (TPSA) is 60.5 Å². The summed E-state index contributed by atoms with van der Waals surface area (Å²) in [5.41, 5.74) is -0.141. The van der Waals surface area contributed by atoms with Crippen LogP contribution < -0.4 is 10.8 Å². The van der Waals surface area contributed by atoms with Crippen molar-refractivity contribution in [3.05, 3.63) is 53.3 Å². The van der Waals surface area contributed by atoms with Crippen LogP contribution >= 0.6 is 0 Å². The van der Waals surface area contributed by atoms with Crippen molar-refractivity contribution in [1.82, 2.24) is 4.98 Å². The van der Waals surface area contributed by atoms with Crippen molar-refractivity contribution in [2.24, 2.45) is 0 Å². The van der Waals surface area contributed by atoms with Crippen LogP contribution in [0.5, 0.6) is 0 Å². The molecule has 1 saturated heterocycles. The number of carbonyl (C=O) groups excluding carboxylic acids is 1. The van der Waals surface area contributed by atoms with Crippen LogP contribution in [0.2, 0.25) is 0 Å². The van der Waals surface area contributed by atoms with Gasteiger partial charge in [-0.1, -0.05) is 11.6 Å². The quantitative estimate of drug-likeness (QED) is 0.785. The Morgan fingerprint density at radius 1 is 1.07 bits per heavy atom. The van der Waals surface area contributed by atoms with Crippen molar-refractivity contribution in [3.63, 3.8) is 0 Å². The first-order chi connectivity index (χ1) is 13.3. The lowest BCUT2D eigenvalue weighted by Gasteiger charge is -2.32. The van der Waals surface area contributed by atoms with Gasteiger partial charge in [0.2, 0.25) is 0 Å². The van der Waals surface area contributed by atoms with Crippen LogP contribution in [0.4, 0.5) is 18.9 Å². The molecule has 1 aromatic carbocycles. The summed E-state index contributed by atoms with van der Waals surface area (Å²) < 4.78 is 50.7. The Hall–Kier alpha value is -2.39. The van der Waals surface area contributed by atoms with Gasteiger partial charge in [-0.15, -0.1) is 0 Å². The van der Waals surface area contributed by atoms with E-state index < -0.39 is 36.0 Å². The summed E-state index contributed by atoms with van der Waals surface area (Å²) >= 11 is 0. The minimum absolute atomic E-state index is 0.183. The summed E-state index contributed by atoms with van der Waals surface area (Å²) in [7, 11) is -0.618. The zero-order chi connectivity index (χ0) is 21.6. The normalized spacial score (nSPS) is 18.0. The van der Waals surface area contributed by atoms with Gasteiger partial charge in [-0.2, -0.15) is 13.2 Å². The van der Waals surface area contributed by atoms with Crippen molar-refractivity contribution in [3.8, 4) is 0 Å². The third-order valence-electron chi connectivity index (χ3n) is 5.37. The Kier molecular flexibility index (Phi) is 5.25.